The standard InChI is InChI=1S/C11H12BrF3N2O/c1-6(5-18-3)16-10-7(2)17-9(4-8(10)12)11(13,14)15/h4,16H,1,5H2,2-3H3. The predicted octanol–water partition coefficient (Wildman–Crippen LogP) is 3.74. The van der Waals surface area contributed by atoms with Crippen LogP contribution in [0.15, 0.2) is 22.8 Å². The Balaban J connectivity index is 3.06. The third kappa shape index (κ3) is 3.71. The minimum absolute atomic E-state index is 0.231. The van der Waals surface area contributed by atoms with Crippen LogP contribution in [0.3, 0.4) is 0 Å². The molecule has 0 aliphatic rings. The molecule has 18 heavy (non-hydrogen) atoms. The second-order valence-corrected chi connectivity index (χ2v) is 4.46. The first-order chi connectivity index (χ1) is 8.25. The van der Waals surface area contributed by atoms with E-state index in [1.807, 2.05) is 0 Å². The number of pyridine rings is 1. The Morgan fingerprint density at radius 3 is 2.61 bits per heavy atom. The second kappa shape index (κ2) is 5.71. The van der Waals surface area contributed by atoms with Crippen LogP contribution in [0.4, 0.5) is 18.9 Å². The number of methoxy groups -OCH3 is 1. The van der Waals surface area contributed by atoms with Crippen molar-refractivity contribution in [2.75, 3.05) is 19.0 Å². The number of nitrogens with zero attached hydrogens (tertiary/aromatic N) is 1. The molecule has 1 aromatic rings. The lowest BCUT2D eigenvalue weighted by Crippen LogP contribution is -2.12. The van der Waals surface area contributed by atoms with Crippen molar-refractivity contribution in [2.24, 2.45) is 0 Å². The summed E-state index contributed by atoms with van der Waals surface area (Å²) in [6, 6.07) is 0.926. The molecule has 0 radical (unpaired) electrons. The minimum atomic E-state index is -4.46. The van der Waals surface area contributed by atoms with Crippen molar-refractivity contribution >= 4 is 21.6 Å². The van der Waals surface area contributed by atoms with Gasteiger partial charge in [0.25, 0.3) is 0 Å². The molecule has 0 saturated carbocycles. The molecule has 7 heteroatoms. The first kappa shape index (κ1) is 15.0. The molecule has 100 valence electrons. The SMILES string of the molecule is C=C(COC)Nc1c(Br)cc(C(F)(F)F)nc1C. The van der Waals surface area contributed by atoms with E-state index >= 15 is 0 Å². The molecule has 1 heterocycles. The normalized spacial score (nSPS) is 11.4. The van der Waals surface area contributed by atoms with Gasteiger partial charge in [-0.05, 0) is 28.9 Å². The zero-order chi connectivity index (χ0) is 13.9. The van der Waals surface area contributed by atoms with Gasteiger partial charge in [-0.3, -0.25) is 0 Å². The molecular weight excluding hydrogens is 313 g/mol. The summed E-state index contributed by atoms with van der Waals surface area (Å²) in [5, 5.41) is 2.86. The summed E-state index contributed by atoms with van der Waals surface area (Å²) in [4.78, 5) is 3.52. The van der Waals surface area contributed by atoms with Crippen LogP contribution < -0.4 is 5.32 Å². The Bertz CT molecular complexity index is 437. The Hall–Kier alpha value is -1.08. The van der Waals surface area contributed by atoms with Crippen molar-refractivity contribution in [2.45, 2.75) is 13.1 Å². The number of nitrogens with one attached hydrogen (secondary N) is 1. The van der Waals surface area contributed by atoms with E-state index in [9.17, 15) is 13.2 Å². The van der Waals surface area contributed by atoms with Gasteiger partial charge in [0, 0.05) is 17.3 Å². The van der Waals surface area contributed by atoms with Crippen molar-refractivity contribution in [3.05, 3.63) is 34.2 Å². The number of hydrogen-bond acceptors (Lipinski definition) is 3. The first-order valence-electron chi connectivity index (χ1n) is 4.93. The van der Waals surface area contributed by atoms with Gasteiger partial charge in [0.1, 0.15) is 5.69 Å². The number of aromatic nitrogens is 1. The molecule has 1 N–H and O–H groups in total. The summed E-state index contributed by atoms with van der Waals surface area (Å²) in [6.07, 6.45) is -4.46. The molecule has 1 rings (SSSR count). The van der Waals surface area contributed by atoms with Crippen molar-refractivity contribution in [3.8, 4) is 0 Å². The number of halogens is 4. The topological polar surface area (TPSA) is 34.1 Å². The van der Waals surface area contributed by atoms with E-state index in [-0.39, 0.29) is 16.8 Å². The van der Waals surface area contributed by atoms with Gasteiger partial charge >= 0.3 is 6.18 Å². The van der Waals surface area contributed by atoms with E-state index in [0.29, 0.717) is 11.4 Å². The molecule has 0 spiro atoms. The Morgan fingerprint density at radius 1 is 1.56 bits per heavy atom. The monoisotopic (exact) mass is 324 g/mol. The maximum atomic E-state index is 12.5. The summed E-state index contributed by atoms with van der Waals surface area (Å²) in [5.74, 6) is 0. The molecule has 0 aliphatic heterocycles. The van der Waals surface area contributed by atoms with Gasteiger partial charge in [0.15, 0.2) is 0 Å². The maximum absolute atomic E-state index is 12.5. The molecule has 0 aliphatic carbocycles. The van der Waals surface area contributed by atoms with Crippen LogP contribution in [0.5, 0.6) is 0 Å². The van der Waals surface area contributed by atoms with Crippen LogP contribution in [0, 0.1) is 6.92 Å². The van der Waals surface area contributed by atoms with Crippen LogP contribution in [0.25, 0.3) is 0 Å². The van der Waals surface area contributed by atoms with Crippen LogP contribution in [-0.4, -0.2) is 18.7 Å². The van der Waals surface area contributed by atoms with Gasteiger partial charge in [-0.1, -0.05) is 6.58 Å². The number of aryl methyl sites for hydroxylation is 1. The number of alkyl halides is 3. The van der Waals surface area contributed by atoms with Gasteiger partial charge in [-0.2, -0.15) is 13.2 Å². The van der Waals surface area contributed by atoms with Gasteiger partial charge in [-0.25, -0.2) is 4.98 Å². The maximum Gasteiger partial charge on any atom is 0.433 e. The minimum Gasteiger partial charge on any atom is -0.379 e. The number of anilines is 1. The van der Waals surface area contributed by atoms with Gasteiger partial charge in [-0.15, -0.1) is 0 Å². The summed E-state index contributed by atoms with van der Waals surface area (Å²) < 4.78 is 42.7. The van der Waals surface area contributed by atoms with E-state index in [0.717, 1.165) is 6.07 Å². The first-order valence-corrected chi connectivity index (χ1v) is 5.73. The van der Waals surface area contributed by atoms with Crippen LogP contribution in [-0.2, 0) is 10.9 Å². The largest absolute Gasteiger partial charge is 0.433 e. The molecule has 0 fully saturated rings. The lowest BCUT2D eigenvalue weighted by atomic mass is 10.2. The highest BCUT2D eigenvalue weighted by molar-refractivity contribution is 9.10. The average molecular weight is 325 g/mol. The third-order valence-corrected chi connectivity index (χ3v) is 2.69. The van der Waals surface area contributed by atoms with Gasteiger partial charge in [0.2, 0.25) is 0 Å². The van der Waals surface area contributed by atoms with Crippen LogP contribution in [0.2, 0.25) is 0 Å². The number of hydrogen-bond donors (Lipinski definition) is 1. The summed E-state index contributed by atoms with van der Waals surface area (Å²) >= 11 is 3.09. The fraction of sp³-hybridized carbons (Fsp3) is 0.364. The Labute approximate surface area is 111 Å². The molecule has 0 atom stereocenters. The highest BCUT2D eigenvalue weighted by atomic mass is 79.9. The molecule has 0 aromatic carbocycles. The zero-order valence-corrected chi connectivity index (χ0v) is 11.4. The van der Waals surface area contributed by atoms with Crippen molar-refractivity contribution in [1.29, 1.82) is 0 Å². The molecular formula is C11H12BrF3N2O. The quantitative estimate of drug-likeness (QED) is 0.916. The van der Waals surface area contributed by atoms with Crippen LogP contribution >= 0.6 is 15.9 Å². The van der Waals surface area contributed by atoms with Crippen LogP contribution in [0.1, 0.15) is 11.4 Å². The second-order valence-electron chi connectivity index (χ2n) is 3.61. The molecule has 3 nitrogen and oxygen atoms in total. The lowest BCUT2D eigenvalue weighted by molar-refractivity contribution is -0.141. The van der Waals surface area contributed by atoms with Crippen molar-refractivity contribution in [1.82, 2.24) is 4.98 Å². The van der Waals surface area contributed by atoms with Gasteiger partial charge < -0.3 is 10.1 Å². The van der Waals surface area contributed by atoms with Crippen molar-refractivity contribution in [3.63, 3.8) is 0 Å². The summed E-state index contributed by atoms with van der Waals surface area (Å²) in [6.45, 7) is 5.43. The molecule has 0 bridgehead atoms. The molecule has 0 saturated heterocycles. The average Bonchev–Trinajstić information content (AvgIpc) is 2.22. The summed E-state index contributed by atoms with van der Waals surface area (Å²) in [5.41, 5.74) is 0.275. The van der Waals surface area contributed by atoms with E-state index in [1.165, 1.54) is 14.0 Å². The molecule has 1 aromatic heterocycles. The molecule has 0 unspecified atom stereocenters. The highest BCUT2D eigenvalue weighted by Crippen LogP contribution is 2.34. The van der Waals surface area contributed by atoms with Crippen molar-refractivity contribution < 1.29 is 17.9 Å². The Morgan fingerprint density at radius 2 is 2.17 bits per heavy atom. The highest BCUT2D eigenvalue weighted by Gasteiger charge is 2.33. The van der Waals surface area contributed by atoms with E-state index < -0.39 is 11.9 Å². The van der Waals surface area contributed by atoms with E-state index in [1.54, 1.807) is 0 Å². The number of rotatable bonds is 4. The third-order valence-electron chi connectivity index (χ3n) is 2.06. The predicted molar refractivity (Wildman–Crippen MR) is 66.3 cm³/mol. The zero-order valence-electron chi connectivity index (χ0n) is 9.86. The summed E-state index contributed by atoms with van der Waals surface area (Å²) in [7, 11) is 1.50. The lowest BCUT2D eigenvalue weighted by Gasteiger charge is -2.15. The molecule has 0 amide bonds. The fourth-order valence-electron chi connectivity index (χ4n) is 1.32. The van der Waals surface area contributed by atoms with E-state index in [4.69, 9.17) is 4.74 Å². The van der Waals surface area contributed by atoms with E-state index in [2.05, 4.69) is 32.8 Å². The van der Waals surface area contributed by atoms with Gasteiger partial charge in [0.05, 0.1) is 18.0 Å². The smallest absolute Gasteiger partial charge is 0.379 e. The Kier molecular flexibility index (Phi) is 4.75. The number of ether oxygens (including phenoxy) is 1. The fourth-order valence-corrected chi connectivity index (χ4v) is 1.92.